The van der Waals surface area contributed by atoms with Gasteiger partial charge in [-0.25, -0.2) is 4.98 Å². The molecule has 100 valence electrons. The van der Waals surface area contributed by atoms with Crippen LogP contribution in [-0.4, -0.2) is 18.6 Å². The van der Waals surface area contributed by atoms with E-state index in [0.717, 1.165) is 18.9 Å². The van der Waals surface area contributed by atoms with Crippen LogP contribution in [0.1, 0.15) is 18.1 Å². The molecular formula is C16H21N3. The van der Waals surface area contributed by atoms with Crippen LogP contribution in [0.15, 0.2) is 42.6 Å². The molecule has 0 saturated heterocycles. The van der Waals surface area contributed by atoms with Crippen LogP contribution in [0.4, 0.5) is 11.5 Å². The fourth-order valence-corrected chi connectivity index (χ4v) is 2.24. The van der Waals surface area contributed by atoms with E-state index in [2.05, 4.69) is 59.4 Å². The van der Waals surface area contributed by atoms with Gasteiger partial charge in [-0.2, -0.15) is 0 Å². The highest BCUT2D eigenvalue weighted by Crippen LogP contribution is 2.26. The van der Waals surface area contributed by atoms with Crippen molar-refractivity contribution in [1.29, 1.82) is 0 Å². The van der Waals surface area contributed by atoms with Gasteiger partial charge < -0.3 is 10.2 Å². The summed E-state index contributed by atoms with van der Waals surface area (Å²) in [6.45, 7) is 6.05. The predicted octanol–water partition coefficient (Wildman–Crippen LogP) is 3.27. The van der Waals surface area contributed by atoms with E-state index in [1.54, 1.807) is 0 Å². The zero-order valence-corrected chi connectivity index (χ0v) is 11.9. The number of hydrogen-bond donors (Lipinski definition) is 1. The molecule has 1 N–H and O–H groups in total. The Labute approximate surface area is 115 Å². The van der Waals surface area contributed by atoms with Gasteiger partial charge in [0.1, 0.15) is 5.82 Å². The fraction of sp³-hybridized carbons (Fsp3) is 0.312. The summed E-state index contributed by atoms with van der Waals surface area (Å²) in [5, 5.41) is 3.17. The molecule has 2 rings (SSSR count). The van der Waals surface area contributed by atoms with Gasteiger partial charge in [-0.05, 0) is 50.2 Å². The summed E-state index contributed by atoms with van der Waals surface area (Å²) in [4.78, 5) is 6.75. The summed E-state index contributed by atoms with van der Waals surface area (Å²) in [7, 11) is 1.96. The van der Waals surface area contributed by atoms with E-state index in [1.165, 1.54) is 16.8 Å². The maximum atomic E-state index is 4.51. The second-order valence-corrected chi connectivity index (χ2v) is 4.58. The second kappa shape index (κ2) is 6.34. The Morgan fingerprint density at radius 2 is 2.00 bits per heavy atom. The van der Waals surface area contributed by atoms with Crippen LogP contribution in [0.5, 0.6) is 0 Å². The van der Waals surface area contributed by atoms with Crippen molar-refractivity contribution < 1.29 is 0 Å². The van der Waals surface area contributed by atoms with Crippen LogP contribution in [0, 0.1) is 6.92 Å². The average molecular weight is 255 g/mol. The molecule has 0 aliphatic heterocycles. The molecular weight excluding hydrogens is 234 g/mol. The number of nitrogens with one attached hydrogen (secondary N) is 1. The van der Waals surface area contributed by atoms with Crippen molar-refractivity contribution >= 4 is 11.5 Å². The summed E-state index contributed by atoms with van der Waals surface area (Å²) in [6, 6.07) is 12.6. The summed E-state index contributed by atoms with van der Waals surface area (Å²) in [6.07, 6.45) is 1.88. The number of para-hydroxylation sites is 1. The third-order valence-corrected chi connectivity index (χ3v) is 3.19. The lowest BCUT2D eigenvalue weighted by molar-refractivity contribution is 0.814. The highest BCUT2D eigenvalue weighted by molar-refractivity contribution is 5.63. The van der Waals surface area contributed by atoms with Crippen LogP contribution in [0.25, 0.3) is 0 Å². The van der Waals surface area contributed by atoms with E-state index in [0.29, 0.717) is 0 Å². The van der Waals surface area contributed by atoms with E-state index < -0.39 is 0 Å². The normalized spacial score (nSPS) is 10.5. The van der Waals surface area contributed by atoms with Crippen molar-refractivity contribution in [2.75, 3.05) is 18.5 Å². The number of aryl methyl sites for hydroxylation is 1. The summed E-state index contributed by atoms with van der Waals surface area (Å²) < 4.78 is 0. The van der Waals surface area contributed by atoms with Crippen LogP contribution in [-0.2, 0) is 6.54 Å². The molecule has 0 saturated carbocycles. The van der Waals surface area contributed by atoms with Gasteiger partial charge in [-0.15, -0.1) is 0 Å². The Hall–Kier alpha value is -1.87. The van der Waals surface area contributed by atoms with Crippen molar-refractivity contribution in [1.82, 2.24) is 10.3 Å². The van der Waals surface area contributed by atoms with E-state index in [-0.39, 0.29) is 0 Å². The van der Waals surface area contributed by atoms with Crippen LogP contribution in [0.3, 0.4) is 0 Å². The second-order valence-electron chi connectivity index (χ2n) is 4.58. The first-order valence-corrected chi connectivity index (χ1v) is 6.69. The van der Waals surface area contributed by atoms with Gasteiger partial charge in [0.25, 0.3) is 0 Å². The zero-order chi connectivity index (χ0) is 13.7. The lowest BCUT2D eigenvalue weighted by atomic mass is 10.1. The maximum absolute atomic E-state index is 4.51. The van der Waals surface area contributed by atoms with Gasteiger partial charge in [-0.1, -0.05) is 18.2 Å². The molecule has 0 aliphatic carbocycles. The highest BCUT2D eigenvalue weighted by atomic mass is 15.2. The van der Waals surface area contributed by atoms with Crippen molar-refractivity contribution in [2.24, 2.45) is 0 Å². The Morgan fingerprint density at radius 1 is 1.21 bits per heavy atom. The Morgan fingerprint density at radius 3 is 2.68 bits per heavy atom. The van der Waals surface area contributed by atoms with Crippen molar-refractivity contribution in [3.05, 3.63) is 53.7 Å². The molecule has 0 aliphatic rings. The molecule has 0 atom stereocenters. The third-order valence-electron chi connectivity index (χ3n) is 3.19. The smallest absolute Gasteiger partial charge is 0.133 e. The van der Waals surface area contributed by atoms with E-state index in [9.17, 15) is 0 Å². The minimum absolute atomic E-state index is 0.862. The maximum Gasteiger partial charge on any atom is 0.133 e. The van der Waals surface area contributed by atoms with Gasteiger partial charge in [0.2, 0.25) is 0 Å². The standard InChI is InChI=1S/C16H21N3/c1-4-19(15-8-6-5-7-13(15)2)16-11-14(12-17-3)9-10-18-16/h5-11,17H,4,12H2,1-3H3. The molecule has 1 heterocycles. The molecule has 0 radical (unpaired) electrons. The molecule has 1 aromatic carbocycles. The quantitative estimate of drug-likeness (QED) is 0.888. The number of nitrogens with zero attached hydrogens (tertiary/aromatic N) is 2. The molecule has 0 unspecified atom stereocenters. The number of rotatable bonds is 5. The zero-order valence-electron chi connectivity index (χ0n) is 11.9. The van der Waals surface area contributed by atoms with Crippen molar-refractivity contribution in [2.45, 2.75) is 20.4 Å². The summed E-state index contributed by atoms with van der Waals surface area (Å²) >= 11 is 0. The minimum atomic E-state index is 0.862. The molecule has 0 spiro atoms. The van der Waals surface area contributed by atoms with E-state index in [1.807, 2.05) is 19.3 Å². The van der Waals surface area contributed by atoms with Gasteiger partial charge in [0.05, 0.1) is 0 Å². The first-order chi connectivity index (χ1) is 9.26. The van der Waals surface area contributed by atoms with Gasteiger partial charge in [0, 0.05) is 25.0 Å². The van der Waals surface area contributed by atoms with Gasteiger partial charge in [-0.3, -0.25) is 0 Å². The summed E-state index contributed by atoms with van der Waals surface area (Å²) in [5.74, 6) is 1.00. The lowest BCUT2D eigenvalue weighted by Gasteiger charge is -2.24. The number of aromatic nitrogens is 1. The number of pyridine rings is 1. The van der Waals surface area contributed by atoms with Crippen LogP contribution < -0.4 is 10.2 Å². The SMILES string of the molecule is CCN(c1cc(CNC)ccn1)c1ccccc1C. The first-order valence-electron chi connectivity index (χ1n) is 6.69. The molecule has 19 heavy (non-hydrogen) atoms. The molecule has 0 amide bonds. The van der Waals surface area contributed by atoms with Crippen molar-refractivity contribution in [3.8, 4) is 0 Å². The third kappa shape index (κ3) is 3.12. The topological polar surface area (TPSA) is 28.2 Å². The summed E-state index contributed by atoms with van der Waals surface area (Å²) in [5.41, 5.74) is 3.74. The predicted molar refractivity (Wildman–Crippen MR) is 80.9 cm³/mol. The first kappa shape index (κ1) is 13.6. The molecule has 1 aromatic heterocycles. The monoisotopic (exact) mass is 255 g/mol. The van der Waals surface area contributed by atoms with Gasteiger partial charge >= 0.3 is 0 Å². The largest absolute Gasteiger partial charge is 0.326 e. The molecule has 3 nitrogen and oxygen atoms in total. The Balaban J connectivity index is 2.37. The number of benzene rings is 1. The van der Waals surface area contributed by atoms with Gasteiger partial charge in [0.15, 0.2) is 0 Å². The number of anilines is 2. The van der Waals surface area contributed by atoms with Crippen LogP contribution in [0.2, 0.25) is 0 Å². The highest BCUT2D eigenvalue weighted by Gasteiger charge is 2.10. The Bertz CT molecular complexity index is 537. The molecule has 0 fully saturated rings. The fourth-order valence-electron chi connectivity index (χ4n) is 2.24. The lowest BCUT2D eigenvalue weighted by Crippen LogP contribution is -2.18. The molecule has 0 bridgehead atoms. The number of hydrogen-bond acceptors (Lipinski definition) is 3. The molecule has 2 aromatic rings. The molecule has 3 heteroatoms. The van der Waals surface area contributed by atoms with E-state index >= 15 is 0 Å². The van der Waals surface area contributed by atoms with Crippen LogP contribution >= 0.6 is 0 Å². The average Bonchev–Trinajstić information content (AvgIpc) is 2.43. The minimum Gasteiger partial charge on any atom is -0.326 e. The Kier molecular flexibility index (Phi) is 4.53. The van der Waals surface area contributed by atoms with E-state index in [4.69, 9.17) is 0 Å². The van der Waals surface area contributed by atoms with Crippen molar-refractivity contribution in [3.63, 3.8) is 0 Å².